The van der Waals surface area contributed by atoms with E-state index in [4.69, 9.17) is 5.11 Å². The molecule has 0 unspecified atom stereocenters. The number of phenols is 2. The van der Waals surface area contributed by atoms with E-state index in [1.165, 1.54) is 0 Å². The van der Waals surface area contributed by atoms with E-state index in [1.807, 2.05) is 0 Å². The van der Waals surface area contributed by atoms with Crippen molar-refractivity contribution >= 4 is 75.7 Å². The summed E-state index contributed by atoms with van der Waals surface area (Å²) >= 11 is 13.2. The fourth-order valence-electron chi connectivity index (χ4n) is 3.31. The molecule has 2 aromatic rings. The number of benzene rings is 2. The van der Waals surface area contributed by atoms with Crippen molar-refractivity contribution in [3.8, 4) is 11.5 Å². The molecule has 0 fully saturated rings. The SMILES string of the molecule is O=C(O)CCCC(Cc1cc(Br)cc(Br)c1O)(Cc1cc(Br)cc(Br)c1O)C(=O)O. The van der Waals surface area contributed by atoms with Gasteiger partial charge in [0.2, 0.25) is 0 Å². The summed E-state index contributed by atoms with van der Waals surface area (Å²) in [5, 5.41) is 40.2. The second kappa shape index (κ2) is 10.5. The number of carbonyl (C=O) groups is 2. The van der Waals surface area contributed by atoms with E-state index in [9.17, 15) is 24.9 Å². The first-order chi connectivity index (χ1) is 13.9. The largest absolute Gasteiger partial charge is 0.506 e. The van der Waals surface area contributed by atoms with Crippen molar-refractivity contribution in [2.24, 2.45) is 5.41 Å². The standard InChI is InChI=1S/C20H18Br4O6/c21-12-4-10(17(27)14(23)6-12)8-20(19(29)30,3-1-2-16(25)26)9-11-5-13(22)7-15(24)18(11)28/h4-7,27-28H,1-3,8-9H2,(H,25,26)(H,29,30). The molecule has 0 aliphatic heterocycles. The maximum Gasteiger partial charge on any atom is 0.310 e. The van der Waals surface area contributed by atoms with E-state index in [2.05, 4.69) is 63.7 Å². The highest BCUT2D eigenvalue weighted by Gasteiger charge is 2.40. The van der Waals surface area contributed by atoms with Crippen molar-refractivity contribution < 1.29 is 30.0 Å². The molecule has 0 heterocycles. The Morgan fingerprint density at radius 2 is 1.23 bits per heavy atom. The van der Waals surface area contributed by atoms with Crippen molar-refractivity contribution in [1.82, 2.24) is 0 Å². The lowest BCUT2D eigenvalue weighted by atomic mass is 9.72. The van der Waals surface area contributed by atoms with Crippen molar-refractivity contribution in [3.63, 3.8) is 0 Å². The van der Waals surface area contributed by atoms with Gasteiger partial charge >= 0.3 is 11.9 Å². The second-order valence-corrected chi connectivity index (χ2v) is 10.5. The molecule has 0 amide bonds. The molecule has 0 spiro atoms. The number of aromatic hydroxyl groups is 2. The predicted molar refractivity (Wildman–Crippen MR) is 126 cm³/mol. The molecule has 0 aliphatic rings. The lowest BCUT2D eigenvalue weighted by Gasteiger charge is -2.31. The quantitative estimate of drug-likeness (QED) is 0.250. The molecule has 0 saturated carbocycles. The molecule has 0 radical (unpaired) electrons. The molecule has 6 nitrogen and oxygen atoms in total. The number of hydrogen-bond acceptors (Lipinski definition) is 4. The highest BCUT2D eigenvalue weighted by Crippen LogP contribution is 2.42. The van der Waals surface area contributed by atoms with Gasteiger partial charge in [0, 0.05) is 15.4 Å². The lowest BCUT2D eigenvalue weighted by molar-refractivity contribution is -0.150. The van der Waals surface area contributed by atoms with Gasteiger partial charge in [-0.15, -0.1) is 0 Å². The summed E-state index contributed by atoms with van der Waals surface area (Å²) < 4.78 is 2.12. The molecule has 0 aliphatic carbocycles. The molecule has 162 valence electrons. The first-order valence-corrected chi connectivity index (χ1v) is 11.9. The second-order valence-electron chi connectivity index (χ2n) is 6.98. The van der Waals surface area contributed by atoms with E-state index < -0.39 is 17.4 Å². The fourth-order valence-corrected chi connectivity index (χ4v) is 5.94. The van der Waals surface area contributed by atoms with Gasteiger partial charge in [0.05, 0.1) is 14.4 Å². The zero-order valence-corrected chi connectivity index (χ0v) is 21.8. The number of rotatable bonds is 9. The van der Waals surface area contributed by atoms with Gasteiger partial charge in [-0.05, 0) is 92.9 Å². The summed E-state index contributed by atoms with van der Waals surface area (Å²) in [4.78, 5) is 23.5. The molecule has 0 atom stereocenters. The van der Waals surface area contributed by atoms with E-state index in [-0.39, 0.29) is 43.6 Å². The minimum atomic E-state index is -1.45. The Bertz CT molecular complexity index is 917. The highest BCUT2D eigenvalue weighted by atomic mass is 79.9. The number of carboxylic acid groups (broad SMARTS) is 2. The summed E-state index contributed by atoms with van der Waals surface area (Å²) in [5.74, 6) is -2.32. The van der Waals surface area contributed by atoms with Crippen molar-refractivity contribution in [3.05, 3.63) is 53.3 Å². The summed E-state index contributed by atoms with van der Waals surface area (Å²) in [6, 6.07) is 6.54. The molecule has 0 bridgehead atoms. The number of phenolic OH excluding ortho intramolecular Hbond substituents is 2. The van der Waals surface area contributed by atoms with Crippen molar-refractivity contribution in [2.75, 3.05) is 0 Å². The van der Waals surface area contributed by atoms with Crippen LogP contribution in [-0.4, -0.2) is 32.4 Å². The Balaban J connectivity index is 2.56. The first-order valence-electron chi connectivity index (χ1n) is 8.74. The lowest BCUT2D eigenvalue weighted by Crippen LogP contribution is -2.36. The Morgan fingerprint density at radius 3 is 1.60 bits per heavy atom. The van der Waals surface area contributed by atoms with Gasteiger partial charge in [0.1, 0.15) is 11.5 Å². The number of halogens is 4. The smallest absolute Gasteiger partial charge is 0.310 e. The van der Waals surface area contributed by atoms with Crippen molar-refractivity contribution in [1.29, 1.82) is 0 Å². The molecule has 30 heavy (non-hydrogen) atoms. The van der Waals surface area contributed by atoms with E-state index in [0.29, 0.717) is 29.0 Å². The Labute approximate surface area is 206 Å². The maximum absolute atomic E-state index is 12.5. The molecule has 2 aromatic carbocycles. The van der Waals surface area contributed by atoms with Crippen LogP contribution in [0.5, 0.6) is 11.5 Å². The van der Waals surface area contributed by atoms with Crippen molar-refractivity contribution in [2.45, 2.75) is 32.1 Å². The molecular weight excluding hydrogens is 656 g/mol. The molecule has 4 N–H and O–H groups in total. The number of hydrogen-bond donors (Lipinski definition) is 4. The third-order valence-corrected chi connectivity index (χ3v) is 6.90. The Hall–Kier alpha value is -1.10. The molecule has 0 aromatic heterocycles. The number of aliphatic carboxylic acids is 2. The van der Waals surface area contributed by atoms with Crippen LogP contribution in [0.4, 0.5) is 0 Å². The molecular formula is C20H18Br4O6. The summed E-state index contributed by atoms with van der Waals surface area (Å²) in [7, 11) is 0. The average molecular weight is 674 g/mol. The Kier molecular flexibility index (Phi) is 8.79. The number of carboxylic acids is 2. The third-order valence-electron chi connectivity index (χ3n) is 4.77. The summed E-state index contributed by atoms with van der Waals surface area (Å²) in [6.45, 7) is 0. The van der Waals surface area contributed by atoms with Crippen LogP contribution in [0.25, 0.3) is 0 Å². The fraction of sp³-hybridized carbons (Fsp3) is 0.300. The summed E-state index contributed by atoms with van der Waals surface area (Å²) in [5.41, 5.74) is -0.671. The van der Waals surface area contributed by atoms with Crippen LogP contribution in [0, 0.1) is 5.41 Å². The van der Waals surface area contributed by atoms with E-state index in [1.54, 1.807) is 24.3 Å². The van der Waals surface area contributed by atoms with Gasteiger partial charge < -0.3 is 20.4 Å². The monoisotopic (exact) mass is 670 g/mol. The predicted octanol–water partition coefficient (Wildman–Crippen LogP) is 6.26. The maximum atomic E-state index is 12.5. The van der Waals surface area contributed by atoms with Gasteiger partial charge in [0.15, 0.2) is 0 Å². The third kappa shape index (κ3) is 6.21. The minimum Gasteiger partial charge on any atom is -0.506 e. The molecule has 0 saturated heterocycles. The van der Waals surface area contributed by atoms with Gasteiger partial charge in [-0.1, -0.05) is 31.9 Å². The van der Waals surface area contributed by atoms with Crippen LogP contribution < -0.4 is 0 Å². The van der Waals surface area contributed by atoms with Gasteiger partial charge in [-0.3, -0.25) is 9.59 Å². The van der Waals surface area contributed by atoms with E-state index >= 15 is 0 Å². The average Bonchev–Trinajstić information content (AvgIpc) is 2.62. The van der Waals surface area contributed by atoms with Crippen LogP contribution in [0.3, 0.4) is 0 Å². The van der Waals surface area contributed by atoms with Crippen LogP contribution in [0.2, 0.25) is 0 Å². The Morgan fingerprint density at radius 1 is 0.800 bits per heavy atom. The molecule has 10 heteroatoms. The summed E-state index contributed by atoms with van der Waals surface area (Å²) in [6.07, 6.45) is -0.128. The zero-order chi connectivity index (χ0) is 22.6. The normalized spacial score (nSPS) is 11.5. The molecule has 2 rings (SSSR count). The van der Waals surface area contributed by atoms with E-state index in [0.717, 1.165) is 0 Å². The van der Waals surface area contributed by atoms with Gasteiger partial charge in [-0.25, -0.2) is 0 Å². The highest BCUT2D eigenvalue weighted by molar-refractivity contribution is 9.11. The van der Waals surface area contributed by atoms with Crippen LogP contribution in [0.15, 0.2) is 42.2 Å². The topological polar surface area (TPSA) is 115 Å². The van der Waals surface area contributed by atoms with Crippen LogP contribution in [0.1, 0.15) is 30.4 Å². The van der Waals surface area contributed by atoms with Crippen LogP contribution in [-0.2, 0) is 22.4 Å². The zero-order valence-electron chi connectivity index (χ0n) is 15.5. The minimum absolute atomic E-state index is 0.0434. The first kappa shape index (κ1) is 25.2. The van der Waals surface area contributed by atoms with Gasteiger partial charge in [0.25, 0.3) is 0 Å². The van der Waals surface area contributed by atoms with Crippen LogP contribution >= 0.6 is 63.7 Å². The van der Waals surface area contributed by atoms with Gasteiger partial charge in [-0.2, -0.15) is 0 Å².